The average molecular weight is 195 g/mol. The molecule has 1 amide bonds. The van der Waals surface area contributed by atoms with E-state index in [2.05, 4.69) is 22.1 Å². The molecular weight excluding hydrogens is 182 g/mol. The van der Waals surface area contributed by atoms with Crippen LogP contribution in [-0.2, 0) is 11.2 Å². The minimum atomic E-state index is 0.246. The number of nitrogens with one attached hydrogen (secondary N) is 1. The molecule has 0 radical (unpaired) electrons. The summed E-state index contributed by atoms with van der Waals surface area (Å²) in [6, 6.07) is 2.11. The van der Waals surface area contributed by atoms with Gasteiger partial charge in [0.2, 0.25) is 5.91 Å². The van der Waals surface area contributed by atoms with Gasteiger partial charge in [-0.3, -0.25) is 4.79 Å². The topological polar surface area (TPSA) is 29.1 Å². The van der Waals surface area contributed by atoms with Gasteiger partial charge in [-0.15, -0.1) is 0 Å². The van der Waals surface area contributed by atoms with Gasteiger partial charge in [-0.05, 0) is 41.7 Å². The third kappa shape index (κ3) is 2.56. The van der Waals surface area contributed by atoms with E-state index in [-0.39, 0.29) is 5.91 Å². The lowest BCUT2D eigenvalue weighted by Crippen LogP contribution is -2.26. The molecule has 13 heavy (non-hydrogen) atoms. The molecule has 0 aromatic carbocycles. The maximum Gasteiger partial charge on any atom is 0.223 e. The van der Waals surface area contributed by atoms with E-state index in [1.165, 1.54) is 5.56 Å². The van der Waals surface area contributed by atoms with Crippen LogP contribution < -0.4 is 5.32 Å². The van der Waals surface area contributed by atoms with E-state index in [4.69, 9.17) is 0 Å². The van der Waals surface area contributed by atoms with Crippen LogP contribution in [0.1, 0.15) is 18.4 Å². The van der Waals surface area contributed by atoms with Gasteiger partial charge >= 0.3 is 0 Å². The number of hydrogen-bond acceptors (Lipinski definition) is 2. The van der Waals surface area contributed by atoms with Crippen molar-refractivity contribution in [1.29, 1.82) is 0 Å². The molecule has 1 fully saturated rings. The molecule has 0 saturated heterocycles. The number of carbonyl (C=O) groups is 1. The first-order chi connectivity index (χ1) is 6.36. The zero-order valence-corrected chi connectivity index (χ0v) is 8.27. The molecule has 70 valence electrons. The largest absolute Gasteiger partial charge is 0.356 e. The van der Waals surface area contributed by atoms with Gasteiger partial charge in [0.05, 0.1) is 0 Å². The van der Waals surface area contributed by atoms with Crippen LogP contribution in [-0.4, -0.2) is 12.5 Å². The van der Waals surface area contributed by atoms with Crippen molar-refractivity contribution < 1.29 is 4.79 Å². The smallest absolute Gasteiger partial charge is 0.223 e. The fourth-order valence-electron chi connectivity index (χ4n) is 1.25. The number of thiophene rings is 1. The van der Waals surface area contributed by atoms with Crippen LogP contribution in [0.4, 0.5) is 0 Å². The molecule has 1 aromatic heterocycles. The van der Waals surface area contributed by atoms with Gasteiger partial charge in [0.1, 0.15) is 0 Å². The average Bonchev–Trinajstić information content (AvgIpc) is 2.86. The number of carbonyl (C=O) groups excluding carboxylic acids is 1. The molecule has 0 unspecified atom stereocenters. The summed E-state index contributed by atoms with van der Waals surface area (Å²) in [5, 5.41) is 7.14. The van der Waals surface area contributed by atoms with Crippen molar-refractivity contribution in [2.45, 2.75) is 19.3 Å². The highest BCUT2D eigenvalue weighted by Crippen LogP contribution is 2.28. The first kappa shape index (κ1) is 8.75. The van der Waals surface area contributed by atoms with Gasteiger partial charge in [-0.25, -0.2) is 0 Å². The molecular formula is C10H13NOS. The summed E-state index contributed by atoms with van der Waals surface area (Å²) < 4.78 is 0. The number of hydrogen-bond donors (Lipinski definition) is 1. The van der Waals surface area contributed by atoms with Crippen LogP contribution in [0, 0.1) is 5.92 Å². The number of rotatable bonds is 4. The lowest BCUT2D eigenvalue weighted by atomic mass is 10.2. The second-order valence-corrected chi connectivity index (χ2v) is 4.23. The summed E-state index contributed by atoms with van der Waals surface area (Å²) in [6.45, 7) is 0.784. The Morgan fingerprint density at radius 2 is 2.46 bits per heavy atom. The lowest BCUT2D eigenvalue weighted by Gasteiger charge is -2.01. The van der Waals surface area contributed by atoms with Crippen molar-refractivity contribution >= 4 is 17.2 Å². The zero-order chi connectivity index (χ0) is 9.10. The van der Waals surface area contributed by atoms with Crippen molar-refractivity contribution in [3.63, 3.8) is 0 Å². The normalized spacial score (nSPS) is 15.7. The molecule has 0 bridgehead atoms. The van der Waals surface area contributed by atoms with Crippen LogP contribution in [0.5, 0.6) is 0 Å². The SMILES string of the molecule is O=C(NCCc1ccsc1)C1CC1. The fraction of sp³-hybridized carbons (Fsp3) is 0.500. The van der Waals surface area contributed by atoms with Gasteiger partial charge < -0.3 is 5.32 Å². The summed E-state index contributed by atoms with van der Waals surface area (Å²) in [5.74, 6) is 0.581. The highest BCUT2D eigenvalue weighted by atomic mass is 32.1. The highest BCUT2D eigenvalue weighted by Gasteiger charge is 2.28. The summed E-state index contributed by atoms with van der Waals surface area (Å²) in [4.78, 5) is 11.2. The Balaban J connectivity index is 1.66. The lowest BCUT2D eigenvalue weighted by molar-refractivity contribution is -0.122. The second-order valence-electron chi connectivity index (χ2n) is 3.45. The molecule has 3 heteroatoms. The monoisotopic (exact) mass is 195 g/mol. The molecule has 1 saturated carbocycles. The second kappa shape index (κ2) is 3.92. The van der Waals surface area contributed by atoms with Crippen LogP contribution in [0.15, 0.2) is 16.8 Å². The van der Waals surface area contributed by atoms with E-state index < -0.39 is 0 Å². The third-order valence-electron chi connectivity index (χ3n) is 2.24. The summed E-state index contributed by atoms with van der Waals surface area (Å²) >= 11 is 1.70. The first-order valence-corrected chi connectivity index (χ1v) is 5.59. The minimum Gasteiger partial charge on any atom is -0.356 e. The Labute approximate surface area is 82.0 Å². The molecule has 1 aliphatic rings. The van der Waals surface area contributed by atoms with Crippen molar-refractivity contribution in [3.8, 4) is 0 Å². The summed E-state index contributed by atoms with van der Waals surface area (Å²) in [7, 11) is 0. The van der Waals surface area contributed by atoms with Gasteiger partial charge in [-0.2, -0.15) is 11.3 Å². The van der Waals surface area contributed by atoms with Gasteiger partial charge in [0.15, 0.2) is 0 Å². The van der Waals surface area contributed by atoms with Crippen molar-refractivity contribution in [2.75, 3.05) is 6.54 Å². The Hall–Kier alpha value is -0.830. The summed E-state index contributed by atoms with van der Waals surface area (Å²) in [6.07, 6.45) is 3.14. The molecule has 0 aliphatic heterocycles. The van der Waals surface area contributed by atoms with Gasteiger partial charge in [-0.1, -0.05) is 0 Å². The minimum absolute atomic E-state index is 0.246. The van der Waals surface area contributed by atoms with Gasteiger partial charge in [0, 0.05) is 12.5 Å². The van der Waals surface area contributed by atoms with Crippen LogP contribution in [0.2, 0.25) is 0 Å². The fourth-order valence-corrected chi connectivity index (χ4v) is 1.96. The van der Waals surface area contributed by atoms with Gasteiger partial charge in [0.25, 0.3) is 0 Å². The maximum absolute atomic E-state index is 11.2. The zero-order valence-electron chi connectivity index (χ0n) is 7.45. The molecule has 1 heterocycles. The standard InChI is InChI=1S/C10H13NOS/c12-10(9-1-2-9)11-5-3-8-4-6-13-7-8/h4,6-7,9H,1-3,5H2,(H,11,12). The van der Waals surface area contributed by atoms with E-state index in [0.717, 1.165) is 25.8 Å². The van der Waals surface area contributed by atoms with Crippen LogP contribution >= 0.6 is 11.3 Å². The van der Waals surface area contributed by atoms with E-state index in [9.17, 15) is 4.79 Å². The molecule has 1 aromatic rings. The molecule has 0 atom stereocenters. The molecule has 2 nitrogen and oxygen atoms in total. The van der Waals surface area contributed by atoms with E-state index in [1.54, 1.807) is 11.3 Å². The Kier molecular flexibility index (Phi) is 2.64. The third-order valence-corrected chi connectivity index (χ3v) is 2.97. The predicted molar refractivity (Wildman–Crippen MR) is 53.8 cm³/mol. The van der Waals surface area contributed by atoms with Crippen molar-refractivity contribution in [1.82, 2.24) is 5.32 Å². The van der Waals surface area contributed by atoms with Crippen molar-refractivity contribution in [2.24, 2.45) is 5.92 Å². The summed E-state index contributed by atoms with van der Waals surface area (Å²) in [5.41, 5.74) is 1.32. The Morgan fingerprint density at radius 3 is 3.08 bits per heavy atom. The first-order valence-electron chi connectivity index (χ1n) is 4.65. The molecule has 2 rings (SSSR count). The Morgan fingerprint density at radius 1 is 1.62 bits per heavy atom. The van der Waals surface area contributed by atoms with Crippen molar-refractivity contribution in [3.05, 3.63) is 22.4 Å². The maximum atomic E-state index is 11.2. The van der Waals surface area contributed by atoms with E-state index >= 15 is 0 Å². The van der Waals surface area contributed by atoms with E-state index in [1.807, 2.05) is 0 Å². The van der Waals surface area contributed by atoms with Crippen LogP contribution in [0.3, 0.4) is 0 Å². The Bertz CT molecular complexity index is 277. The molecule has 0 spiro atoms. The highest BCUT2D eigenvalue weighted by molar-refractivity contribution is 7.07. The van der Waals surface area contributed by atoms with E-state index in [0.29, 0.717) is 5.92 Å². The predicted octanol–water partition coefficient (Wildman–Crippen LogP) is 1.82. The quantitative estimate of drug-likeness (QED) is 0.780. The van der Waals surface area contributed by atoms with Crippen LogP contribution in [0.25, 0.3) is 0 Å². The molecule has 1 N–H and O–H groups in total. The molecule has 1 aliphatic carbocycles. The number of amides is 1.